The van der Waals surface area contributed by atoms with Crippen LogP contribution in [-0.2, 0) is 32.6 Å². The highest BCUT2D eigenvalue weighted by molar-refractivity contribution is 7.92. The molecule has 4 rings (SSSR count). The van der Waals surface area contributed by atoms with Gasteiger partial charge in [-0.05, 0) is 48.2 Å². The predicted molar refractivity (Wildman–Crippen MR) is 170 cm³/mol. The van der Waals surface area contributed by atoms with Crippen LogP contribution in [0.4, 0.5) is 5.69 Å². The minimum Gasteiger partial charge on any atom is -0.352 e. The molecule has 11 heteroatoms. The van der Waals surface area contributed by atoms with Gasteiger partial charge in [0.15, 0.2) is 0 Å². The predicted octanol–water partition coefficient (Wildman–Crippen LogP) is 6.50. The van der Waals surface area contributed by atoms with E-state index in [0.29, 0.717) is 15.6 Å². The molecule has 0 aliphatic heterocycles. The van der Waals surface area contributed by atoms with Crippen molar-refractivity contribution in [2.45, 2.75) is 57.2 Å². The lowest BCUT2D eigenvalue weighted by Crippen LogP contribution is -2.55. The average molecular weight is 651 g/mol. The van der Waals surface area contributed by atoms with Gasteiger partial charge >= 0.3 is 0 Å². The number of para-hydroxylation sites is 1. The van der Waals surface area contributed by atoms with Gasteiger partial charge < -0.3 is 10.2 Å². The number of anilines is 1. The minimum absolute atomic E-state index is 0.0104. The summed E-state index contributed by atoms with van der Waals surface area (Å²) in [6.45, 7) is -0.597. The van der Waals surface area contributed by atoms with Gasteiger partial charge in [-0.2, -0.15) is 0 Å². The third-order valence-electron chi connectivity index (χ3n) is 7.38. The van der Waals surface area contributed by atoms with Crippen molar-refractivity contribution in [3.63, 3.8) is 0 Å². The van der Waals surface area contributed by atoms with E-state index in [-0.39, 0.29) is 35.6 Å². The maximum atomic E-state index is 14.2. The van der Waals surface area contributed by atoms with Crippen LogP contribution in [0.25, 0.3) is 0 Å². The van der Waals surface area contributed by atoms with Crippen LogP contribution < -0.4 is 9.62 Å². The fraction of sp³-hybridized carbons (Fsp3) is 0.355. The summed E-state index contributed by atoms with van der Waals surface area (Å²) in [7, 11) is -3.93. The molecule has 3 aromatic carbocycles. The maximum Gasteiger partial charge on any atom is 0.244 e. The fourth-order valence-electron chi connectivity index (χ4n) is 5.18. The first-order valence-corrected chi connectivity index (χ1v) is 16.8. The molecule has 0 saturated heterocycles. The van der Waals surface area contributed by atoms with Gasteiger partial charge in [-0.3, -0.25) is 13.9 Å². The Bertz CT molecular complexity index is 1500. The fourth-order valence-corrected chi connectivity index (χ4v) is 6.80. The molecule has 224 valence electrons. The number of nitrogens with one attached hydrogen (secondary N) is 1. The zero-order valence-electron chi connectivity index (χ0n) is 23.3. The normalized spacial score (nSPS) is 14.7. The number of carbonyl (C=O) groups excluding carboxylic acids is 2. The molecule has 0 bridgehead atoms. The largest absolute Gasteiger partial charge is 0.352 e. The van der Waals surface area contributed by atoms with Crippen molar-refractivity contribution in [1.29, 1.82) is 0 Å². The van der Waals surface area contributed by atoms with Gasteiger partial charge in [0.1, 0.15) is 12.6 Å². The average Bonchev–Trinajstić information content (AvgIpc) is 2.95. The smallest absolute Gasteiger partial charge is 0.244 e. The zero-order chi connectivity index (χ0) is 30.3. The topological polar surface area (TPSA) is 86.8 Å². The number of carbonyl (C=O) groups is 2. The van der Waals surface area contributed by atoms with Crippen molar-refractivity contribution >= 4 is 62.3 Å². The Morgan fingerprint density at radius 2 is 1.57 bits per heavy atom. The summed E-state index contributed by atoms with van der Waals surface area (Å²) in [4.78, 5) is 29.6. The second-order valence-corrected chi connectivity index (χ2v) is 13.7. The number of halogens is 3. The lowest BCUT2D eigenvalue weighted by molar-refractivity contribution is -0.140. The summed E-state index contributed by atoms with van der Waals surface area (Å²) in [5.41, 5.74) is 1.60. The van der Waals surface area contributed by atoms with Crippen LogP contribution in [0.2, 0.25) is 15.1 Å². The molecule has 0 unspecified atom stereocenters. The second-order valence-electron chi connectivity index (χ2n) is 10.5. The lowest BCUT2D eigenvalue weighted by Gasteiger charge is -2.35. The highest BCUT2D eigenvalue weighted by Crippen LogP contribution is 2.29. The van der Waals surface area contributed by atoms with E-state index in [0.717, 1.165) is 48.2 Å². The molecule has 1 aliphatic carbocycles. The van der Waals surface area contributed by atoms with E-state index in [9.17, 15) is 18.0 Å². The van der Waals surface area contributed by atoms with Crippen LogP contribution in [0, 0.1) is 0 Å². The van der Waals surface area contributed by atoms with E-state index >= 15 is 0 Å². The molecule has 1 atom stereocenters. The number of nitrogens with zero attached hydrogens (tertiary/aromatic N) is 2. The Labute approximate surface area is 262 Å². The van der Waals surface area contributed by atoms with Gasteiger partial charge in [0.2, 0.25) is 21.8 Å². The van der Waals surface area contributed by atoms with Gasteiger partial charge in [0.05, 0.1) is 17.0 Å². The van der Waals surface area contributed by atoms with Gasteiger partial charge in [0.25, 0.3) is 0 Å². The van der Waals surface area contributed by atoms with Crippen molar-refractivity contribution in [2.75, 3.05) is 17.1 Å². The summed E-state index contributed by atoms with van der Waals surface area (Å²) < 4.78 is 26.8. The van der Waals surface area contributed by atoms with E-state index in [1.807, 2.05) is 30.3 Å². The SMILES string of the molecule is CS(=O)(=O)N(CC(=O)N(Cc1ccc(Cl)cc1Cl)[C@H](Cc1ccccc1)C(=O)NC1CCCCC1)c1ccccc1Cl. The van der Waals surface area contributed by atoms with E-state index in [2.05, 4.69) is 5.32 Å². The summed E-state index contributed by atoms with van der Waals surface area (Å²) >= 11 is 19.0. The quantitative estimate of drug-likeness (QED) is 0.257. The highest BCUT2D eigenvalue weighted by atomic mass is 35.5. The van der Waals surface area contributed by atoms with E-state index in [1.165, 1.54) is 11.0 Å². The minimum atomic E-state index is -3.93. The molecule has 7 nitrogen and oxygen atoms in total. The Balaban J connectivity index is 1.75. The van der Waals surface area contributed by atoms with E-state index < -0.39 is 28.5 Å². The van der Waals surface area contributed by atoms with Crippen LogP contribution in [0.15, 0.2) is 72.8 Å². The molecule has 3 aromatic rings. The zero-order valence-corrected chi connectivity index (χ0v) is 26.4. The monoisotopic (exact) mass is 649 g/mol. The van der Waals surface area contributed by atoms with Crippen molar-refractivity contribution in [3.8, 4) is 0 Å². The number of amides is 2. The van der Waals surface area contributed by atoms with Gasteiger partial charge in [-0.1, -0.05) is 103 Å². The Kier molecular flexibility index (Phi) is 11.2. The number of sulfonamides is 1. The third kappa shape index (κ3) is 8.63. The van der Waals surface area contributed by atoms with Crippen molar-refractivity contribution in [2.24, 2.45) is 0 Å². The van der Waals surface area contributed by atoms with Crippen LogP contribution in [-0.4, -0.2) is 50.0 Å². The Morgan fingerprint density at radius 1 is 0.905 bits per heavy atom. The van der Waals surface area contributed by atoms with Crippen LogP contribution in [0.5, 0.6) is 0 Å². The lowest BCUT2D eigenvalue weighted by atomic mass is 9.94. The summed E-state index contributed by atoms with van der Waals surface area (Å²) in [6, 6.07) is 19.8. The summed E-state index contributed by atoms with van der Waals surface area (Å²) in [5, 5.41) is 4.11. The Hall–Kier alpha value is -2.78. The second kappa shape index (κ2) is 14.6. The number of hydrogen-bond donors (Lipinski definition) is 1. The van der Waals surface area contributed by atoms with E-state index in [4.69, 9.17) is 34.8 Å². The van der Waals surface area contributed by atoms with Crippen LogP contribution >= 0.6 is 34.8 Å². The number of benzene rings is 3. The Morgan fingerprint density at radius 3 is 2.21 bits per heavy atom. The van der Waals surface area contributed by atoms with Gasteiger partial charge in [0, 0.05) is 29.1 Å². The third-order valence-corrected chi connectivity index (χ3v) is 9.41. The molecule has 1 aliphatic rings. The van der Waals surface area contributed by atoms with Crippen molar-refractivity contribution < 1.29 is 18.0 Å². The van der Waals surface area contributed by atoms with E-state index in [1.54, 1.807) is 36.4 Å². The molecule has 2 amide bonds. The first kappa shape index (κ1) is 32.1. The molecule has 42 heavy (non-hydrogen) atoms. The number of rotatable bonds is 11. The molecular weight excluding hydrogens is 617 g/mol. The van der Waals surface area contributed by atoms with Gasteiger partial charge in [-0.25, -0.2) is 8.42 Å². The van der Waals surface area contributed by atoms with Crippen LogP contribution in [0.1, 0.15) is 43.2 Å². The molecule has 0 aromatic heterocycles. The summed E-state index contributed by atoms with van der Waals surface area (Å²) in [6.07, 6.45) is 6.16. The summed E-state index contributed by atoms with van der Waals surface area (Å²) in [5.74, 6) is -0.876. The molecule has 1 fully saturated rings. The first-order valence-electron chi connectivity index (χ1n) is 13.8. The molecule has 0 heterocycles. The maximum absolute atomic E-state index is 14.2. The molecule has 1 N–H and O–H groups in total. The standard InChI is InChI=1S/C31H34Cl3N3O4S/c1-42(40,41)37(28-15-9-8-14-26(28)33)21-30(38)36(20-23-16-17-24(32)19-27(23)34)29(18-22-10-4-2-5-11-22)31(39)35-25-12-6-3-7-13-25/h2,4-5,8-11,14-17,19,25,29H,3,6-7,12-13,18,20-21H2,1H3,(H,35,39)/t29-/m1/s1. The van der Waals surface area contributed by atoms with Crippen molar-refractivity contribution in [1.82, 2.24) is 10.2 Å². The molecular formula is C31H34Cl3N3O4S. The molecule has 0 radical (unpaired) electrons. The van der Waals surface area contributed by atoms with Crippen LogP contribution in [0.3, 0.4) is 0 Å². The first-order chi connectivity index (χ1) is 20.0. The van der Waals surface area contributed by atoms with Gasteiger partial charge in [-0.15, -0.1) is 0 Å². The molecule has 0 spiro atoms. The number of hydrogen-bond acceptors (Lipinski definition) is 4. The van der Waals surface area contributed by atoms with Crippen molar-refractivity contribution in [3.05, 3.63) is 99.0 Å². The highest BCUT2D eigenvalue weighted by Gasteiger charge is 2.34. The molecule has 1 saturated carbocycles.